The molecule has 1 aliphatic carbocycles. The van der Waals surface area contributed by atoms with Gasteiger partial charge in [-0.3, -0.25) is 4.79 Å². The van der Waals surface area contributed by atoms with E-state index in [1.165, 1.54) is 0 Å². The van der Waals surface area contributed by atoms with Crippen molar-refractivity contribution < 1.29 is 9.90 Å². The number of rotatable bonds is 2. The predicted octanol–water partition coefficient (Wildman–Crippen LogP) is 2.95. The summed E-state index contributed by atoms with van der Waals surface area (Å²) in [5.74, 6) is -0.638. The summed E-state index contributed by atoms with van der Waals surface area (Å²) in [5, 5.41) is 11.4. The molecule has 1 fully saturated rings. The van der Waals surface area contributed by atoms with E-state index in [2.05, 4.69) is 0 Å². The zero-order valence-electron chi connectivity index (χ0n) is 8.25. The van der Waals surface area contributed by atoms with Crippen LogP contribution in [0.15, 0.2) is 11.4 Å². The van der Waals surface area contributed by atoms with Crippen molar-refractivity contribution in [1.82, 2.24) is 0 Å². The molecule has 1 saturated carbocycles. The maximum Gasteiger partial charge on any atom is 0.314 e. The van der Waals surface area contributed by atoms with Crippen LogP contribution >= 0.6 is 11.3 Å². The van der Waals surface area contributed by atoms with Crippen molar-refractivity contribution in [2.24, 2.45) is 0 Å². The molecule has 14 heavy (non-hydrogen) atoms. The third kappa shape index (κ3) is 1.27. The van der Waals surface area contributed by atoms with E-state index in [1.54, 1.807) is 11.3 Å². The molecule has 1 N–H and O–H groups in total. The molecule has 0 aliphatic heterocycles. The van der Waals surface area contributed by atoms with Crippen LogP contribution in [0.1, 0.15) is 36.1 Å². The zero-order valence-corrected chi connectivity index (χ0v) is 9.06. The normalized spacial score (nSPS) is 19.8. The van der Waals surface area contributed by atoms with Gasteiger partial charge in [0.15, 0.2) is 0 Å². The third-order valence-electron chi connectivity index (χ3n) is 3.16. The van der Waals surface area contributed by atoms with Crippen molar-refractivity contribution in [3.05, 3.63) is 21.9 Å². The summed E-state index contributed by atoms with van der Waals surface area (Å²) in [6.45, 7) is 2.01. The molecular weight excluding hydrogens is 196 g/mol. The monoisotopic (exact) mass is 210 g/mol. The van der Waals surface area contributed by atoms with E-state index in [0.29, 0.717) is 0 Å². The molecule has 2 nitrogen and oxygen atoms in total. The van der Waals surface area contributed by atoms with Crippen molar-refractivity contribution in [2.75, 3.05) is 0 Å². The van der Waals surface area contributed by atoms with E-state index in [0.717, 1.165) is 36.1 Å². The number of hydrogen-bond donors (Lipinski definition) is 1. The van der Waals surface area contributed by atoms with Gasteiger partial charge in [-0.2, -0.15) is 0 Å². The average molecular weight is 210 g/mol. The van der Waals surface area contributed by atoms with Crippen molar-refractivity contribution >= 4 is 17.3 Å². The summed E-state index contributed by atoms with van der Waals surface area (Å²) in [4.78, 5) is 12.5. The first-order chi connectivity index (χ1) is 6.67. The standard InChI is InChI=1S/C11H14O2S/c1-8-4-7-14-9(8)11(10(12)13)5-2-3-6-11/h4,7H,2-3,5-6H2,1H3,(H,12,13). The average Bonchev–Trinajstić information content (AvgIpc) is 2.72. The molecule has 0 aromatic carbocycles. The van der Waals surface area contributed by atoms with E-state index in [4.69, 9.17) is 0 Å². The minimum atomic E-state index is -0.638. The maximum absolute atomic E-state index is 11.4. The lowest BCUT2D eigenvalue weighted by Gasteiger charge is -2.23. The molecule has 0 radical (unpaired) electrons. The van der Waals surface area contributed by atoms with E-state index < -0.39 is 11.4 Å². The first kappa shape index (κ1) is 9.71. The maximum atomic E-state index is 11.4. The Labute approximate surface area is 87.6 Å². The van der Waals surface area contributed by atoms with Crippen LogP contribution < -0.4 is 0 Å². The van der Waals surface area contributed by atoms with Crippen LogP contribution in [0, 0.1) is 6.92 Å². The van der Waals surface area contributed by atoms with Gasteiger partial charge in [-0.25, -0.2) is 0 Å². The molecule has 0 unspecified atom stereocenters. The lowest BCUT2D eigenvalue weighted by Crippen LogP contribution is -2.32. The Morgan fingerprint density at radius 1 is 1.50 bits per heavy atom. The summed E-state index contributed by atoms with van der Waals surface area (Å²) < 4.78 is 0. The van der Waals surface area contributed by atoms with Crippen LogP contribution in [0.25, 0.3) is 0 Å². The van der Waals surface area contributed by atoms with Crippen LogP contribution in [-0.2, 0) is 10.2 Å². The van der Waals surface area contributed by atoms with E-state index in [9.17, 15) is 9.90 Å². The molecule has 0 spiro atoms. The summed E-state index contributed by atoms with van der Waals surface area (Å²) in [6, 6.07) is 2.02. The van der Waals surface area contributed by atoms with E-state index >= 15 is 0 Å². The largest absolute Gasteiger partial charge is 0.481 e. The van der Waals surface area contributed by atoms with Crippen molar-refractivity contribution in [1.29, 1.82) is 0 Å². The highest BCUT2D eigenvalue weighted by atomic mass is 32.1. The molecule has 76 valence electrons. The van der Waals surface area contributed by atoms with E-state index in [1.807, 2.05) is 18.4 Å². The second-order valence-electron chi connectivity index (χ2n) is 4.03. The molecule has 0 bridgehead atoms. The Hall–Kier alpha value is -0.830. The fourth-order valence-corrected chi connectivity index (χ4v) is 3.56. The first-order valence-electron chi connectivity index (χ1n) is 4.95. The van der Waals surface area contributed by atoms with Gasteiger partial charge in [-0.05, 0) is 36.8 Å². The fraction of sp³-hybridized carbons (Fsp3) is 0.545. The summed E-state index contributed by atoms with van der Waals surface area (Å²) >= 11 is 1.59. The molecular formula is C11H14O2S. The molecule has 0 saturated heterocycles. The fourth-order valence-electron chi connectivity index (χ4n) is 2.38. The van der Waals surface area contributed by atoms with Crippen LogP contribution in [-0.4, -0.2) is 11.1 Å². The minimum Gasteiger partial charge on any atom is -0.481 e. The van der Waals surface area contributed by atoms with Crippen molar-refractivity contribution in [3.63, 3.8) is 0 Å². The number of carboxylic acids is 1. The summed E-state index contributed by atoms with van der Waals surface area (Å²) in [7, 11) is 0. The molecule has 1 aromatic heterocycles. The van der Waals surface area contributed by atoms with Gasteiger partial charge >= 0.3 is 5.97 Å². The smallest absolute Gasteiger partial charge is 0.314 e. The molecule has 1 heterocycles. The molecule has 3 heteroatoms. The van der Waals surface area contributed by atoms with Crippen LogP contribution in [0.5, 0.6) is 0 Å². The number of aliphatic carboxylic acids is 1. The lowest BCUT2D eigenvalue weighted by molar-refractivity contribution is -0.143. The topological polar surface area (TPSA) is 37.3 Å². The molecule has 1 aliphatic rings. The predicted molar refractivity (Wildman–Crippen MR) is 56.8 cm³/mol. The number of thiophene rings is 1. The van der Waals surface area contributed by atoms with Gasteiger partial charge in [-0.15, -0.1) is 11.3 Å². The quantitative estimate of drug-likeness (QED) is 0.814. The number of carboxylic acid groups (broad SMARTS) is 1. The summed E-state index contributed by atoms with van der Waals surface area (Å²) in [6.07, 6.45) is 3.71. The Balaban J connectivity index is 2.46. The summed E-state index contributed by atoms with van der Waals surface area (Å²) in [5.41, 5.74) is 0.581. The van der Waals surface area contributed by atoms with Crippen molar-refractivity contribution in [3.8, 4) is 0 Å². The van der Waals surface area contributed by atoms with Gasteiger partial charge in [0, 0.05) is 4.88 Å². The second kappa shape index (κ2) is 3.39. The highest BCUT2D eigenvalue weighted by molar-refractivity contribution is 7.10. The van der Waals surface area contributed by atoms with Gasteiger partial charge in [0.05, 0.1) is 0 Å². The van der Waals surface area contributed by atoms with Crippen molar-refractivity contribution in [2.45, 2.75) is 38.0 Å². The van der Waals surface area contributed by atoms with Gasteiger partial charge in [0.1, 0.15) is 5.41 Å². The third-order valence-corrected chi connectivity index (χ3v) is 4.38. The second-order valence-corrected chi connectivity index (χ2v) is 4.94. The van der Waals surface area contributed by atoms with Gasteiger partial charge < -0.3 is 5.11 Å². The Kier molecular flexibility index (Phi) is 2.35. The molecule has 0 atom stereocenters. The molecule has 1 aromatic rings. The van der Waals surface area contributed by atoms with E-state index in [-0.39, 0.29) is 0 Å². The lowest BCUT2D eigenvalue weighted by atomic mass is 9.83. The minimum absolute atomic E-state index is 0.557. The highest BCUT2D eigenvalue weighted by Crippen LogP contribution is 2.44. The Morgan fingerprint density at radius 2 is 2.14 bits per heavy atom. The first-order valence-corrected chi connectivity index (χ1v) is 5.83. The van der Waals surface area contributed by atoms with Gasteiger partial charge in [-0.1, -0.05) is 12.8 Å². The Morgan fingerprint density at radius 3 is 2.57 bits per heavy atom. The SMILES string of the molecule is Cc1ccsc1C1(C(=O)O)CCCC1. The number of carbonyl (C=O) groups is 1. The molecule has 0 amide bonds. The van der Waals surface area contributed by atoms with Crippen LogP contribution in [0.4, 0.5) is 0 Å². The number of hydrogen-bond acceptors (Lipinski definition) is 2. The van der Waals surface area contributed by atoms with Crippen LogP contribution in [0.3, 0.4) is 0 Å². The zero-order chi connectivity index (χ0) is 10.2. The molecule has 2 rings (SSSR count). The van der Waals surface area contributed by atoms with Gasteiger partial charge in [0.2, 0.25) is 0 Å². The highest BCUT2D eigenvalue weighted by Gasteiger charge is 2.44. The Bertz CT molecular complexity index is 348. The van der Waals surface area contributed by atoms with Crippen LogP contribution in [0.2, 0.25) is 0 Å². The van der Waals surface area contributed by atoms with Gasteiger partial charge in [0.25, 0.3) is 0 Å². The number of aryl methyl sites for hydroxylation is 1.